The normalized spacial score (nSPS) is 18.2. The third-order valence-corrected chi connectivity index (χ3v) is 3.45. The molecule has 0 bridgehead atoms. The van der Waals surface area contributed by atoms with Gasteiger partial charge in [-0.25, -0.2) is 0 Å². The number of nitrogens with one attached hydrogen (secondary N) is 1. The second-order valence-electron chi connectivity index (χ2n) is 5.00. The largest absolute Gasteiger partial charge is 0.390 e. The van der Waals surface area contributed by atoms with Crippen LogP contribution in [0.3, 0.4) is 0 Å². The van der Waals surface area contributed by atoms with Gasteiger partial charge in [-0.1, -0.05) is 19.1 Å². The molecule has 1 atom stereocenters. The molecule has 0 aliphatic carbocycles. The van der Waals surface area contributed by atoms with Crippen LogP contribution in [0.25, 0.3) is 0 Å². The van der Waals surface area contributed by atoms with Gasteiger partial charge in [0.25, 0.3) is 0 Å². The van der Waals surface area contributed by atoms with Gasteiger partial charge in [-0.3, -0.25) is 4.90 Å². The molecule has 1 saturated heterocycles. The highest BCUT2D eigenvalue weighted by molar-refractivity contribution is 5.45. The first kappa shape index (κ1) is 14.3. The molecule has 1 heterocycles. The lowest BCUT2D eigenvalue weighted by molar-refractivity contribution is 0.0171. The van der Waals surface area contributed by atoms with Gasteiger partial charge in [0, 0.05) is 31.9 Å². The molecule has 0 radical (unpaired) electrons. The molecule has 0 aromatic heterocycles. The van der Waals surface area contributed by atoms with Crippen molar-refractivity contribution < 1.29 is 9.84 Å². The van der Waals surface area contributed by atoms with Crippen LogP contribution < -0.4 is 5.32 Å². The second kappa shape index (κ2) is 7.48. The van der Waals surface area contributed by atoms with Crippen molar-refractivity contribution in [3.63, 3.8) is 0 Å². The Labute approximate surface area is 115 Å². The Morgan fingerprint density at radius 2 is 2.16 bits per heavy atom. The maximum atomic E-state index is 10.0. The Hall–Kier alpha value is -1.10. The van der Waals surface area contributed by atoms with Gasteiger partial charge >= 0.3 is 0 Å². The fourth-order valence-electron chi connectivity index (χ4n) is 2.28. The van der Waals surface area contributed by atoms with E-state index in [9.17, 15) is 5.11 Å². The van der Waals surface area contributed by atoms with E-state index in [0.29, 0.717) is 13.1 Å². The Bertz CT molecular complexity index is 378. The number of nitrogens with zero attached hydrogens (tertiary/aromatic N) is 1. The molecule has 19 heavy (non-hydrogen) atoms. The van der Waals surface area contributed by atoms with E-state index in [1.54, 1.807) is 0 Å². The average molecular weight is 264 g/mol. The van der Waals surface area contributed by atoms with Gasteiger partial charge in [0.2, 0.25) is 0 Å². The van der Waals surface area contributed by atoms with Crippen LogP contribution in [0.4, 0.5) is 5.69 Å². The van der Waals surface area contributed by atoms with Gasteiger partial charge in [0.1, 0.15) is 0 Å². The molecule has 0 saturated carbocycles. The number of rotatable bonds is 6. The molecule has 4 nitrogen and oxygen atoms in total. The number of anilines is 1. The molecule has 1 aliphatic heterocycles. The Balaban J connectivity index is 1.74. The SMILES string of the molecule is CCc1cccc(NCC(O)CN2CCOCC2)c1. The maximum Gasteiger partial charge on any atom is 0.0839 e. The highest BCUT2D eigenvalue weighted by Crippen LogP contribution is 2.11. The number of aliphatic hydroxyl groups excluding tert-OH is 1. The minimum absolute atomic E-state index is 0.344. The van der Waals surface area contributed by atoms with Crippen LogP contribution >= 0.6 is 0 Å². The number of hydrogen-bond donors (Lipinski definition) is 2. The van der Waals surface area contributed by atoms with Gasteiger partial charge in [0.05, 0.1) is 19.3 Å². The highest BCUT2D eigenvalue weighted by atomic mass is 16.5. The molecule has 2 rings (SSSR count). The van der Waals surface area contributed by atoms with E-state index in [-0.39, 0.29) is 6.10 Å². The minimum Gasteiger partial charge on any atom is -0.390 e. The van der Waals surface area contributed by atoms with Crippen LogP contribution in [0.15, 0.2) is 24.3 Å². The summed E-state index contributed by atoms with van der Waals surface area (Å²) in [6.07, 6.45) is 0.689. The van der Waals surface area contributed by atoms with Crippen molar-refractivity contribution in [2.24, 2.45) is 0 Å². The molecule has 1 unspecified atom stereocenters. The van der Waals surface area contributed by atoms with E-state index >= 15 is 0 Å². The number of morpholine rings is 1. The molecule has 1 aromatic carbocycles. The summed E-state index contributed by atoms with van der Waals surface area (Å²) in [6, 6.07) is 8.35. The third-order valence-electron chi connectivity index (χ3n) is 3.45. The van der Waals surface area contributed by atoms with Crippen LogP contribution in [-0.4, -0.2) is 55.5 Å². The van der Waals surface area contributed by atoms with E-state index in [1.165, 1.54) is 5.56 Å². The first-order valence-electron chi connectivity index (χ1n) is 7.09. The smallest absolute Gasteiger partial charge is 0.0839 e. The van der Waals surface area contributed by atoms with Gasteiger partial charge in [-0.2, -0.15) is 0 Å². The fraction of sp³-hybridized carbons (Fsp3) is 0.600. The molecule has 1 aromatic rings. The summed E-state index contributed by atoms with van der Waals surface area (Å²) in [5, 5.41) is 13.3. The zero-order valence-corrected chi connectivity index (χ0v) is 11.6. The number of benzene rings is 1. The zero-order chi connectivity index (χ0) is 13.5. The standard InChI is InChI=1S/C15H24N2O2/c1-2-13-4-3-5-14(10-13)16-11-15(18)12-17-6-8-19-9-7-17/h3-5,10,15-16,18H,2,6-9,11-12H2,1H3. The van der Waals surface area contributed by atoms with Gasteiger partial charge in [-0.05, 0) is 24.1 Å². The quantitative estimate of drug-likeness (QED) is 0.814. The van der Waals surface area contributed by atoms with E-state index in [2.05, 4.69) is 35.3 Å². The topological polar surface area (TPSA) is 44.7 Å². The fourth-order valence-corrected chi connectivity index (χ4v) is 2.28. The number of aliphatic hydroxyl groups is 1. The van der Waals surface area contributed by atoms with Gasteiger partial charge in [0.15, 0.2) is 0 Å². The third kappa shape index (κ3) is 4.82. The summed E-state index contributed by atoms with van der Waals surface area (Å²) in [5.41, 5.74) is 2.40. The van der Waals surface area contributed by atoms with Crippen molar-refractivity contribution in [1.82, 2.24) is 4.90 Å². The van der Waals surface area contributed by atoms with E-state index in [4.69, 9.17) is 4.74 Å². The molecule has 1 fully saturated rings. The summed E-state index contributed by atoms with van der Waals surface area (Å²) in [5.74, 6) is 0. The molecule has 0 amide bonds. The van der Waals surface area contributed by atoms with Crippen molar-refractivity contribution >= 4 is 5.69 Å². The molecule has 4 heteroatoms. The van der Waals surface area contributed by atoms with Crippen molar-refractivity contribution in [2.45, 2.75) is 19.4 Å². The minimum atomic E-state index is -0.344. The molecular weight excluding hydrogens is 240 g/mol. The predicted octanol–water partition coefficient (Wildman–Crippen LogP) is 1.35. The monoisotopic (exact) mass is 264 g/mol. The molecule has 2 N–H and O–H groups in total. The van der Waals surface area contributed by atoms with E-state index in [1.807, 2.05) is 6.07 Å². The Morgan fingerprint density at radius 1 is 1.37 bits per heavy atom. The summed E-state index contributed by atoms with van der Waals surface area (Å²) >= 11 is 0. The van der Waals surface area contributed by atoms with Gasteiger partial charge < -0.3 is 15.2 Å². The van der Waals surface area contributed by atoms with Crippen molar-refractivity contribution in [3.05, 3.63) is 29.8 Å². The number of aryl methyl sites for hydroxylation is 1. The number of β-amino-alcohol motifs (C(OH)–C–C–N with tert-alkyl or cyclic N) is 1. The highest BCUT2D eigenvalue weighted by Gasteiger charge is 2.14. The number of hydrogen-bond acceptors (Lipinski definition) is 4. The van der Waals surface area contributed by atoms with Crippen LogP contribution in [-0.2, 0) is 11.2 Å². The Morgan fingerprint density at radius 3 is 2.89 bits per heavy atom. The van der Waals surface area contributed by atoms with Crippen LogP contribution in [0.5, 0.6) is 0 Å². The van der Waals surface area contributed by atoms with Crippen LogP contribution in [0.2, 0.25) is 0 Å². The van der Waals surface area contributed by atoms with Crippen LogP contribution in [0.1, 0.15) is 12.5 Å². The lowest BCUT2D eigenvalue weighted by atomic mass is 10.1. The summed E-state index contributed by atoms with van der Waals surface area (Å²) in [6.45, 7) is 6.84. The summed E-state index contributed by atoms with van der Waals surface area (Å²) in [4.78, 5) is 2.25. The Kier molecular flexibility index (Phi) is 5.63. The maximum absolute atomic E-state index is 10.0. The van der Waals surface area contributed by atoms with Crippen LogP contribution in [0, 0.1) is 0 Å². The molecule has 1 aliphatic rings. The second-order valence-corrected chi connectivity index (χ2v) is 5.00. The predicted molar refractivity (Wildman–Crippen MR) is 77.6 cm³/mol. The number of ether oxygens (including phenoxy) is 1. The summed E-state index contributed by atoms with van der Waals surface area (Å²) in [7, 11) is 0. The van der Waals surface area contributed by atoms with Crippen molar-refractivity contribution in [1.29, 1.82) is 0 Å². The zero-order valence-electron chi connectivity index (χ0n) is 11.6. The van der Waals surface area contributed by atoms with E-state index < -0.39 is 0 Å². The van der Waals surface area contributed by atoms with Crippen molar-refractivity contribution in [3.8, 4) is 0 Å². The first-order chi connectivity index (χ1) is 9.28. The molecular formula is C15H24N2O2. The first-order valence-corrected chi connectivity index (χ1v) is 7.09. The lowest BCUT2D eigenvalue weighted by Crippen LogP contribution is -2.42. The lowest BCUT2D eigenvalue weighted by Gasteiger charge is -2.28. The average Bonchev–Trinajstić information content (AvgIpc) is 2.46. The molecule has 0 spiro atoms. The van der Waals surface area contributed by atoms with E-state index in [0.717, 1.165) is 38.4 Å². The summed E-state index contributed by atoms with van der Waals surface area (Å²) < 4.78 is 5.30. The van der Waals surface area contributed by atoms with Crippen molar-refractivity contribution in [2.75, 3.05) is 44.7 Å². The van der Waals surface area contributed by atoms with Gasteiger partial charge in [-0.15, -0.1) is 0 Å². The molecule has 106 valence electrons.